The lowest BCUT2D eigenvalue weighted by Gasteiger charge is -2.16. The number of nitrogens with one attached hydrogen (secondary N) is 2. The van der Waals surface area contributed by atoms with E-state index in [1.165, 1.54) is 0 Å². The zero-order valence-electron chi connectivity index (χ0n) is 10.2. The quantitative estimate of drug-likeness (QED) is 0.825. The summed E-state index contributed by atoms with van der Waals surface area (Å²) in [5.41, 5.74) is 0.489. The van der Waals surface area contributed by atoms with E-state index < -0.39 is 15.3 Å². The van der Waals surface area contributed by atoms with Crippen LogP contribution in [0.5, 0.6) is 0 Å². The van der Waals surface area contributed by atoms with E-state index in [4.69, 9.17) is 11.6 Å². The Balaban J connectivity index is 2.82. The standard InChI is InChI=1S/C11H16BrClN2O2S/c1-3-14-7-8(2)18(16,17)15-11-5-4-9(13)6-10(11)12/h4-6,8,14-15H,3,7H2,1-2H3. The van der Waals surface area contributed by atoms with Crippen LogP contribution in [-0.4, -0.2) is 26.8 Å². The van der Waals surface area contributed by atoms with Crippen molar-refractivity contribution in [3.8, 4) is 0 Å². The van der Waals surface area contributed by atoms with Gasteiger partial charge in [0.2, 0.25) is 10.0 Å². The molecule has 2 N–H and O–H groups in total. The highest BCUT2D eigenvalue weighted by molar-refractivity contribution is 9.10. The molecule has 102 valence electrons. The van der Waals surface area contributed by atoms with Crippen molar-refractivity contribution < 1.29 is 8.42 Å². The van der Waals surface area contributed by atoms with Crippen LogP contribution >= 0.6 is 27.5 Å². The molecule has 0 saturated carbocycles. The van der Waals surface area contributed by atoms with Crippen LogP contribution in [0.2, 0.25) is 5.02 Å². The van der Waals surface area contributed by atoms with Crippen molar-refractivity contribution >= 4 is 43.2 Å². The summed E-state index contributed by atoms with van der Waals surface area (Å²) < 4.78 is 27.2. The van der Waals surface area contributed by atoms with Crippen LogP contribution in [0.25, 0.3) is 0 Å². The predicted molar refractivity (Wildman–Crippen MR) is 79.7 cm³/mol. The summed E-state index contributed by atoms with van der Waals surface area (Å²) in [6.45, 7) is 4.75. The monoisotopic (exact) mass is 354 g/mol. The van der Waals surface area contributed by atoms with E-state index >= 15 is 0 Å². The van der Waals surface area contributed by atoms with Crippen molar-refractivity contribution in [3.63, 3.8) is 0 Å². The van der Waals surface area contributed by atoms with Crippen molar-refractivity contribution in [1.82, 2.24) is 5.32 Å². The highest BCUT2D eigenvalue weighted by Crippen LogP contribution is 2.27. The van der Waals surface area contributed by atoms with E-state index in [9.17, 15) is 8.42 Å². The van der Waals surface area contributed by atoms with Crippen LogP contribution in [0.3, 0.4) is 0 Å². The zero-order valence-corrected chi connectivity index (χ0v) is 13.4. The number of hydrogen-bond acceptors (Lipinski definition) is 3. The Bertz CT molecular complexity index is 508. The Morgan fingerprint density at radius 3 is 2.67 bits per heavy atom. The maximum Gasteiger partial charge on any atom is 0.236 e. The molecular weight excluding hydrogens is 340 g/mol. The third-order valence-electron chi connectivity index (χ3n) is 2.39. The molecule has 0 aromatic heterocycles. The molecule has 0 amide bonds. The fourth-order valence-corrected chi connectivity index (χ4v) is 3.22. The molecule has 1 aromatic rings. The Morgan fingerprint density at radius 1 is 1.44 bits per heavy atom. The minimum Gasteiger partial charge on any atom is -0.316 e. The van der Waals surface area contributed by atoms with Gasteiger partial charge in [-0.25, -0.2) is 8.42 Å². The predicted octanol–water partition coefficient (Wildman–Crippen LogP) is 2.84. The summed E-state index contributed by atoms with van der Waals surface area (Å²) in [7, 11) is -3.41. The maximum atomic E-state index is 12.0. The first kappa shape index (κ1) is 15.8. The van der Waals surface area contributed by atoms with Gasteiger partial charge in [0.25, 0.3) is 0 Å². The number of hydrogen-bond donors (Lipinski definition) is 2. The molecule has 0 heterocycles. The van der Waals surface area contributed by atoms with Gasteiger partial charge in [-0.3, -0.25) is 4.72 Å². The van der Waals surface area contributed by atoms with E-state index in [1.54, 1.807) is 25.1 Å². The third kappa shape index (κ3) is 4.42. The molecule has 0 saturated heterocycles. The van der Waals surface area contributed by atoms with E-state index in [2.05, 4.69) is 26.0 Å². The Morgan fingerprint density at radius 2 is 2.11 bits per heavy atom. The van der Waals surface area contributed by atoms with Crippen molar-refractivity contribution in [1.29, 1.82) is 0 Å². The summed E-state index contributed by atoms with van der Waals surface area (Å²) in [5, 5.41) is 3.04. The number of sulfonamides is 1. The van der Waals surface area contributed by atoms with Crippen LogP contribution in [0.15, 0.2) is 22.7 Å². The summed E-state index contributed by atoms with van der Waals surface area (Å²) in [5.74, 6) is 0. The Labute approximate surface area is 121 Å². The molecule has 18 heavy (non-hydrogen) atoms. The van der Waals surface area contributed by atoms with Crippen LogP contribution in [0.1, 0.15) is 13.8 Å². The average molecular weight is 356 g/mol. The van der Waals surface area contributed by atoms with E-state index in [0.29, 0.717) is 21.7 Å². The van der Waals surface area contributed by atoms with Crippen LogP contribution in [0.4, 0.5) is 5.69 Å². The third-order valence-corrected chi connectivity index (χ3v) is 5.02. The topological polar surface area (TPSA) is 58.2 Å². The molecule has 7 heteroatoms. The fraction of sp³-hybridized carbons (Fsp3) is 0.455. The lowest BCUT2D eigenvalue weighted by Crippen LogP contribution is -2.34. The second-order valence-electron chi connectivity index (χ2n) is 3.89. The molecule has 0 spiro atoms. The minimum atomic E-state index is -3.41. The molecule has 1 rings (SSSR count). The smallest absolute Gasteiger partial charge is 0.236 e. The van der Waals surface area contributed by atoms with Crippen molar-refractivity contribution in [3.05, 3.63) is 27.7 Å². The number of halogens is 2. The number of benzene rings is 1. The first-order chi connectivity index (χ1) is 8.36. The Hall–Kier alpha value is -0.300. The highest BCUT2D eigenvalue weighted by Gasteiger charge is 2.20. The summed E-state index contributed by atoms with van der Waals surface area (Å²) in [4.78, 5) is 0. The number of rotatable bonds is 6. The van der Waals surface area contributed by atoms with Gasteiger partial charge in [-0.05, 0) is 47.6 Å². The molecule has 4 nitrogen and oxygen atoms in total. The van der Waals surface area contributed by atoms with Crippen molar-refractivity contribution in [2.24, 2.45) is 0 Å². The summed E-state index contributed by atoms with van der Waals surface area (Å²) in [6, 6.07) is 4.91. The highest BCUT2D eigenvalue weighted by atomic mass is 79.9. The average Bonchev–Trinajstić information content (AvgIpc) is 2.29. The molecule has 0 aliphatic heterocycles. The molecule has 0 aliphatic rings. The van der Waals surface area contributed by atoms with Gasteiger partial charge in [-0.2, -0.15) is 0 Å². The van der Waals surface area contributed by atoms with Gasteiger partial charge >= 0.3 is 0 Å². The number of anilines is 1. The lowest BCUT2D eigenvalue weighted by atomic mass is 10.3. The van der Waals surface area contributed by atoms with Crippen molar-refractivity contribution in [2.45, 2.75) is 19.1 Å². The van der Waals surface area contributed by atoms with E-state index in [-0.39, 0.29) is 0 Å². The van der Waals surface area contributed by atoms with Crippen LogP contribution < -0.4 is 10.0 Å². The fourth-order valence-electron chi connectivity index (χ4n) is 1.28. The molecule has 1 atom stereocenters. The molecule has 0 radical (unpaired) electrons. The maximum absolute atomic E-state index is 12.0. The van der Waals surface area contributed by atoms with Crippen LogP contribution in [0, 0.1) is 0 Å². The van der Waals surface area contributed by atoms with E-state index in [0.717, 1.165) is 6.54 Å². The van der Waals surface area contributed by atoms with Gasteiger partial charge in [-0.1, -0.05) is 18.5 Å². The van der Waals surface area contributed by atoms with Gasteiger partial charge < -0.3 is 5.32 Å². The first-order valence-electron chi connectivity index (χ1n) is 5.54. The second kappa shape index (κ2) is 6.75. The van der Waals surface area contributed by atoms with Gasteiger partial charge in [-0.15, -0.1) is 0 Å². The molecule has 0 fully saturated rings. The molecule has 0 bridgehead atoms. The summed E-state index contributed by atoms with van der Waals surface area (Å²) in [6.07, 6.45) is 0. The van der Waals surface area contributed by atoms with E-state index in [1.807, 2.05) is 6.92 Å². The zero-order chi connectivity index (χ0) is 13.8. The van der Waals surface area contributed by atoms with Crippen molar-refractivity contribution in [2.75, 3.05) is 17.8 Å². The molecule has 0 aliphatic carbocycles. The lowest BCUT2D eigenvalue weighted by molar-refractivity contribution is 0.579. The SMILES string of the molecule is CCNCC(C)S(=O)(=O)Nc1ccc(Cl)cc1Br. The van der Waals surface area contributed by atoms with Gasteiger partial charge in [0.05, 0.1) is 10.9 Å². The van der Waals surface area contributed by atoms with Gasteiger partial charge in [0, 0.05) is 16.0 Å². The largest absolute Gasteiger partial charge is 0.316 e. The molecular formula is C11H16BrClN2O2S. The minimum absolute atomic E-state index is 0.414. The molecule has 1 aromatic carbocycles. The molecule has 1 unspecified atom stereocenters. The normalized spacial score (nSPS) is 13.3. The Kier molecular flexibility index (Phi) is 5.91. The van der Waals surface area contributed by atoms with Gasteiger partial charge in [0.1, 0.15) is 0 Å². The summed E-state index contributed by atoms with van der Waals surface area (Å²) >= 11 is 9.08. The van der Waals surface area contributed by atoms with Crippen LogP contribution in [-0.2, 0) is 10.0 Å². The second-order valence-corrected chi connectivity index (χ2v) is 7.28. The van der Waals surface area contributed by atoms with Gasteiger partial charge in [0.15, 0.2) is 0 Å². The first-order valence-corrected chi connectivity index (χ1v) is 8.26.